The summed E-state index contributed by atoms with van der Waals surface area (Å²) in [4.78, 5) is 11.8. The van der Waals surface area contributed by atoms with Gasteiger partial charge < -0.3 is 10.1 Å². The minimum atomic E-state index is -3.97. The Balaban J connectivity index is 2.14. The third-order valence-electron chi connectivity index (χ3n) is 4.00. The number of esters is 1. The molecule has 0 spiro atoms. The van der Waals surface area contributed by atoms with Gasteiger partial charge in [0.05, 0.1) is 23.3 Å². The van der Waals surface area contributed by atoms with Crippen LogP contribution in [0.15, 0.2) is 47.4 Å². The van der Waals surface area contributed by atoms with Gasteiger partial charge in [0.1, 0.15) is 0 Å². The number of carbonyl (C=O) groups is 1. The van der Waals surface area contributed by atoms with E-state index >= 15 is 0 Å². The van der Waals surface area contributed by atoms with Crippen LogP contribution in [0.25, 0.3) is 0 Å². The molecule has 0 fully saturated rings. The minimum absolute atomic E-state index is 0.0338. The molecule has 0 amide bonds. The van der Waals surface area contributed by atoms with Gasteiger partial charge in [0, 0.05) is 18.3 Å². The second-order valence-corrected chi connectivity index (χ2v) is 10.3. The molecule has 0 aromatic heterocycles. The number of primary sulfonamides is 1. The zero-order valence-corrected chi connectivity index (χ0v) is 18.5. The molecule has 164 valence electrons. The number of benzene rings is 2. The van der Waals surface area contributed by atoms with E-state index in [4.69, 9.17) is 9.88 Å². The summed E-state index contributed by atoms with van der Waals surface area (Å²) in [6, 6.07) is 10.7. The number of hydrogen-bond donors (Lipinski definition) is 3. The maximum atomic E-state index is 12.0. The summed E-state index contributed by atoms with van der Waals surface area (Å²) in [5.41, 5.74) is 1.88. The van der Waals surface area contributed by atoms with E-state index in [0.29, 0.717) is 17.8 Å². The van der Waals surface area contributed by atoms with E-state index in [1.165, 1.54) is 19.2 Å². The first kappa shape index (κ1) is 23.8. The van der Waals surface area contributed by atoms with Crippen LogP contribution >= 0.6 is 0 Å². The average Bonchev–Trinajstić information content (AvgIpc) is 2.64. The van der Waals surface area contributed by atoms with Gasteiger partial charge in [-0.05, 0) is 43.2 Å². The number of anilines is 1. The van der Waals surface area contributed by atoms with Crippen LogP contribution in [0.5, 0.6) is 0 Å². The summed E-state index contributed by atoms with van der Waals surface area (Å²) < 4.78 is 54.3. The van der Waals surface area contributed by atoms with Crippen molar-refractivity contribution in [2.75, 3.05) is 12.4 Å². The number of nitrogens with two attached hydrogens (primary N) is 1. The summed E-state index contributed by atoms with van der Waals surface area (Å²) >= 11 is 0. The fourth-order valence-corrected chi connectivity index (χ4v) is 4.68. The highest BCUT2D eigenvalue weighted by Crippen LogP contribution is 2.22. The van der Waals surface area contributed by atoms with Crippen LogP contribution in [-0.2, 0) is 37.1 Å². The van der Waals surface area contributed by atoms with Gasteiger partial charge in [0.2, 0.25) is 20.0 Å². The number of methoxy groups -OCH3 is 1. The van der Waals surface area contributed by atoms with Crippen LogP contribution in [0.1, 0.15) is 35.3 Å². The zero-order chi connectivity index (χ0) is 22.5. The van der Waals surface area contributed by atoms with Crippen molar-refractivity contribution >= 4 is 31.7 Å². The quantitative estimate of drug-likeness (QED) is 0.487. The number of nitrogens with one attached hydrogen (secondary N) is 2. The van der Waals surface area contributed by atoms with Crippen molar-refractivity contribution in [2.45, 2.75) is 37.1 Å². The Hall–Kier alpha value is -2.47. The smallest absolute Gasteiger partial charge is 0.340 e. The van der Waals surface area contributed by atoms with Gasteiger partial charge >= 0.3 is 5.97 Å². The van der Waals surface area contributed by atoms with Crippen molar-refractivity contribution in [2.24, 2.45) is 5.14 Å². The lowest BCUT2D eigenvalue weighted by atomic mass is 10.1. The molecule has 2 rings (SSSR count). The second kappa shape index (κ2) is 9.56. The molecule has 0 heterocycles. The van der Waals surface area contributed by atoms with Gasteiger partial charge in [0.15, 0.2) is 0 Å². The Bertz CT molecular complexity index is 1110. The summed E-state index contributed by atoms with van der Waals surface area (Å²) in [5, 5.41) is 8.17. The zero-order valence-electron chi connectivity index (χ0n) is 16.9. The van der Waals surface area contributed by atoms with E-state index in [0.717, 1.165) is 11.6 Å². The van der Waals surface area contributed by atoms with Crippen molar-refractivity contribution in [3.05, 3.63) is 59.2 Å². The predicted molar refractivity (Wildman–Crippen MR) is 114 cm³/mol. The number of carbonyl (C=O) groups excluding carboxylic acids is 1. The summed E-state index contributed by atoms with van der Waals surface area (Å²) in [7, 11) is -6.19. The maximum Gasteiger partial charge on any atom is 0.340 e. The summed E-state index contributed by atoms with van der Waals surface area (Å²) in [6.45, 7) is 3.82. The van der Waals surface area contributed by atoms with E-state index in [1.807, 2.05) is 0 Å². The molecule has 2 aromatic rings. The SMILES string of the molecule is COC(=O)c1cc(S(N)(=O)=O)ccc1NCc1ccc(CS(=O)(=O)NC(C)C)cc1. The standard InChI is InChI=1S/C19H25N3O6S2/c1-13(2)22-29(24,25)12-15-6-4-14(5-7-15)11-21-18-9-8-16(30(20,26)27)10-17(18)19(23)28-3/h4-10,13,21-22H,11-12H2,1-3H3,(H2,20,26,27). The molecule has 0 aliphatic heterocycles. The molecule has 11 heteroatoms. The van der Waals surface area contributed by atoms with Crippen molar-refractivity contribution < 1.29 is 26.4 Å². The Morgan fingerprint density at radius 2 is 1.63 bits per heavy atom. The molecule has 0 atom stereocenters. The lowest BCUT2D eigenvalue weighted by Crippen LogP contribution is -2.31. The van der Waals surface area contributed by atoms with Gasteiger partial charge in [-0.3, -0.25) is 0 Å². The number of ether oxygens (including phenoxy) is 1. The molecular formula is C19H25N3O6S2. The Morgan fingerprint density at radius 1 is 1.03 bits per heavy atom. The van der Waals surface area contributed by atoms with E-state index in [9.17, 15) is 21.6 Å². The first-order valence-electron chi connectivity index (χ1n) is 8.98. The largest absolute Gasteiger partial charge is 0.465 e. The lowest BCUT2D eigenvalue weighted by Gasteiger charge is -2.13. The Labute approximate surface area is 176 Å². The van der Waals surface area contributed by atoms with Crippen LogP contribution in [0, 0.1) is 0 Å². The summed E-state index contributed by atoms with van der Waals surface area (Å²) in [6.07, 6.45) is 0. The van der Waals surface area contributed by atoms with Gasteiger partial charge in [-0.1, -0.05) is 24.3 Å². The Morgan fingerprint density at radius 3 is 2.17 bits per heavy atom. The van der Waals surface area contributed by atoms with Crippen LogP contribution < -0.4 is 15.2 Å². The molecule has 0 radical (unpaired) electrons. The summed E-state index contributed by atoms with van der Waals surface area (Å²) in [5.74, 6) is -0.832. The number of sulfonamides is 2. The molecule has 0 aliphatic carbocycles. The number of hydrogen-bond acceptors (Lipinski definition) is 7. The highest BCUT2D eigenvalue weighted by molar-refractivity contribution is 7.89. The second-order valence-electron chi connectivity index (χ2n) is 6.95. The van der Waals surface area contributed by atoms with Crippen molar-refractivity contribution in [3.8, 4) is 0 Å². The van der Waals surface area contributed by atoms with Crippen molar-refractivity contribution in [1.29, 1.82) is 0 Å². The van der Waals surface area contributed by atoms with E-state index in [-0.39, 0.29) is 22.3 Å². The first-order valence-corrected chi connectivity index (χ1v) is 12.2. The highest BCUT2D eigenvalue weighted by atomic mass is 32.2. The lowest BCUT2D eigenvalue weighted by molar-refractivity contribution is 0.0601. The molecule has 0 saturated heterocycles. The average molecular weight is 456 g/mol. The topological polar surface area (TPSA) is 145 Å². The molecule has 4 N–H and O–H groups in total. The Kier molecular flexibility index (Phi) is 7.59. The minimum Gasteiger partial charge on any atom is -0.465 e. The number of rotatable bonds is 9. The molecule has 30 heavy (non-hydrogen) atoms. The van der Waals surface area contributed by atoms with Crippen LogP contribution in [0.3, 0.4) is 0 Å². The highest BCUT2D eigenvalue weighted by Gasteiger charge is 2.17. The monoisotopic (exact) mass is 455 g/mol. The molecular weight excluding hydrogens is 430 g/mol. The van der Waals surface area contributed by atoms with Crippen LogP contribution in [-0.4, -0.2) is 36.0 Å². The third kappa shape index (κ3) is 6.80. The maximum absolute atomic E-state index is 12.0. The molecule has 0 saturated carbocycles. The molecule has 0 unspecified atom stereocenters. The fraction of sp³-hybridized carbons (Fsp3) is 0.316. The van der Waals surface area contributed by atoms with Gasteiger partial charge in [-0.15, -0.1) is 0 Å². The van der Waals surface area contributed by atoms with Crippen LogP contribution in [0.2, 0.25) is 0 Å². The van der Waals surface area contributed by atoms with Crippen LogP contribution in [0.4, 0.5) is 5.69 Å². The molecule has 0 aliphatic rings. The normalized spacial score (nSPS) is 12.0. The van der Waals surface area contributed by atoms with Gasteiger partial charge in [-0.25, -0.2) is 31.5 Å². The molecule has 2 aromatic carbocycles. The molecule has 9 nitrogen and oxygen atoms in total. The van der Waals surface area contributed by atoms with Gasteiger partial charge in [0.25, 0.3) is 0 Å². The first-order chi connectivity index (χ1) is 13.9. The van der Waals surface area contributed by atoms with Crippen molar-refractivity contribution in [3.63, 3.8) is 0 Å². The molecule has 0 bridgehead atoms. The third-order valence-corrected chi connectivity index (χ3v) is 6.46. The van der Waals surface area contributed by atoms with E-state index < -0.39 is 26.0 Å². The fourth-order valence-electron chi connectivity index (χ4n) is 2.70. The predicted octanol–water partition coefficient (Wildman–Crippen LogP) is 1.56. The van der Waals surface area contributed by atoms with E-state index in [1.54, 1.807) is 38.1 Å². The van der Waals surface area contributed by atoms with Crippen molar-refractivity contribution in [1.82, 2.24) is 4.72 Å². The van der Waals surface area contributed by atoms with E-state index in [2.05, 4.69) is 10.0 Å². The van der Waals surface area contributed by atoms with Gasteiger partial charge in [-0.2, -0.15) is 0 Å².